The molecule has 2 rings (SSSR count). The highest BCUT2D eigenvalue weighted by Gasteiger charge is 2.54. The summed E-state index contributed by atoms with van der Waals surface area (Å²) in [7, 11) is 4.85. The first-order valence-electron chi connectivity index (χ1n) is 12.4. The number of fused-ring (bicyclic) bond motifs is 1. The van der Waals surface area contributed by atoms with Crippen LogP contribution in [0.5, 0.6) is 0 Å². The van der Waals surface area contributed by atoms with Gasteiger partial charge in [0.15, 0.2) is 0 Å². The molecule has 0 saturated heterocycles. The van der Waals surface area contributed by atoms with Crippen LogP contribution in [0.15, 0.2) is 0 Å². The SMILES string of the molecule is COCCC(=O)N[C@H]1CC[C@]2(C)CC[C@H]([C@H](C)C(=O)N(CCOC)CCOC)[C@H](O)[C@H]2[C@@H]1C. The zero-order chi connectivity index (χ0) is 24.6. The molecule has 0 aromatic carbocycles. The van der Waals surface area contributed by atoms with Crippen molar-refractivity contribution in [3.05, 3.63) is 0 Å². The van der Waals surface area contributed by atoms with Crippen LogP contribution in [0.25, 0.3) is 0 Å². The first-order chi connectivity index (χ1) is 15.7. The summed E-state index contributed by atoms with van der Waals surface area (Å²) in [5, 5.41) is 14.8. The number of hydrogen-bond donors (Lipinski definition) is 2. The standard InChI is InChI=1S/C25H46N2O6/c1-17(24(30)27(12-15-32-5)13-16-33-6)19-7-10-25(3)11-8-20(18(2)22(25)23(19)29)26-21(28)9-14-31-4/h17-20,22-23,29H,7-16H2,1-6H3,(H,26,28)/t17-,18+,19+,20-,22+,23-,25-/m0/s1. The fourth-order valence-corrected chi connectivity index (χ4v) is 6.18. The van der Waals surface area contributed by atoms with E-state index in [2.05, 4.69) is 19.2 Å². The van der Waals surface area contributed by atoms with Crippen molar-refractivity contribution in [2.45, 2.75) is 65.0 Å². The van der Waals surface area contributed by atoms with Crippen LogP contribution in [-0.2, 0) is 23.8 Å². The van der Waals surface area contributed by atoms with Crippen LogP contribution in [0, 0.1) is 29.1 Å². The largest absolute Gasteiger partial charge is 0.392 e. The molecule has 0 bridgehead atoms. The second kappa shape index (κ2) is 13.0. The van der Waals surface area contributed by atoms with Crippen molar-refractivity contribution in [3.63, 3.8) is 0 Å². The molecule has 2 saturated carbocycles. The lowest BCUT2D eigenvalue weighted by Gasteiger charge is -2.56. The van der Waals surface area contributed by atoms with E-state index in [1.54, 1.807) is 26.2 Å². The molecule has 2 amide bonds. The van der Waals surface area contributed by atoms with Gasteiger partial charge in [0.25, 0.3) is 0 Å². The van der Waals surface area contributed by atoms with Crippen molar-refractivity contribution in [2.24, 2.45) is 29.1 Å². The topological polar surface area (TPSA) is 97.3 Å². The Morgan fingerprint density at radius 1 is 1.06 bits per heavy atom. The number of rotatable bonds is 12. The molecule has 192 valence electrons. The molecule has 0 unspecified atom stereocenters. The highest BCUT2D eigenvalue weighted by molar-refractivity contribution is 5.79. The van der Waals surface area contributed by atoms with Gasteiger partial charge < -0.3 is 29.5 Å². The lowest BCUT2D eigenvalue weighted by atomic mass is 9.51. The molecule has 2 fully saturated rings. The van der Waals surface area contributed by atoms with Gasteiger partial charge in [0.1, 0.15) is 0 Å². The number of aliphatic hydroxyl groups excluding tert-OH is 1. The van der Waals surface area contributed by atoms with Crippen molar-refractivity contribution in [1.82, 2.24) is 10.2 Å². The summed E-state index contributed by atoms with van der Waals surface area (Å²) in [5.74, 6) is -0.178. The molecule has 0 aromatic heterocycles. The Bertz CT molecular complexity index is 624. The van der Waals surface area contributed by atoms with E-state index >= 15 is 0 Å². The van der Waals surface area contributed by atoms with Gasteiger partial charge in [0.2, 0.25) is 11.8 Å². The normalized spacial score (nSPS) is 32.6. The molecule has 0 radical (unpaired) electrons. The number of carbonyl (C=O) groups is 2. The number of carbonyl (C=O) groups excluding carboxylic acids is 2. The zero-order valence-electron chi connectivity index (χ0n) is 21.5. The van der Waals surface area contributed by atoms with Crippen molar-refractivity contribution < 1.29 is 28.9 Å². The van der Waals surface area contributed by atoms with Crippen LogP contribution in [0.3, 0.4) is 0 Å². The summed E-state index contributed by atoms with van der Waals surface area (Å²) in [4.78, 5) is 27.5. The summed E-state index contributed by atoms with van der Waals surface area (Å²) in [5.41, 5.74) is 0.0254. The second-order valence-electron chi connectivity index (χ2n) is 10.3. The third-order valence-electron chi connectivity index (χ3n) is 8.24. The van der Waals surface area contributed by atoms with Crippen LogP contribution < -0.4 is 5.32 Å². The van der Waals surface area contributed by atoms with Crippen LogP contribution in [0.1, 0.15) is 52.9 Å². The van der Waals surface area contributed by atoms with E-state index in [-0.39, 0.29) is 46.9 Å². The first kappa shape index (κ1) is 28.0. The molecule has 0 spiro atoms. The molecule has 0 aliphatic heterocycles. The van der Waals surface area contributed by atoms with Gasteiger partial charge in [-0.15, -0.1) is 0 Å². The van der Waals surface area contributed by atoms with Gasteiger partial charge in [0, 0.05) is 52.8 Å². The van der Waals surface area contributed by atoms with E-state index in [9.17, 15) is 14.7 Å². The van der Waals surface area contributed by atoms with Crippen LogP contribution in [0.2, 0.25) is 0 Å². The number of ether oxygens (including phenoxy) is 3. The minimum atomic E-state index is -0.580. The van der Waals surface area contributed by atoms with E-state index < -0.39 is 6.10 Å². The highest BCUT2D eigenvalue weighted by atomic mass is 16.5. The van der Waals surface area contributed by atoms with Gasteiger partial charge in [0.05, 0.1) is 25.9 Å². The molecular formula is C25H46N2O6. The number of nitrogens with one attached hydrogen (secondary N) is 1. The van der Waals surface area contributed by atoms with Crippen molar-refractivity contribution in [1.29, 1.82) is 0 Å². The average Bonchev–Trinajstić information content (AvgIpc) is 2.79. The summed E-state index contributed by atoms with van der Waals surface area (Å²) in [6, 6.07) is 0.0340. The third-order valence-corrected chi connectivity index (χ3v) is 8.24. The minimum Gasteiger partial charge on any atom is -0.392 e. The molecule has 2 aliphatic rings. The molecular weight excluding hydrogens is 424 g/mol. The molecule has 7 atom stereocenters. The maximum atomic E-state index is 13.4. The first-order valence-corrected chi connectivity index (χ1v) is 12.4. The summed E-state index contributed by atoms with van der Waals surface area (Å²) in [6.07, 6.45) is 3.47. The molecule has 2 N–H and O–H groups in total. The highest BCUT2D eigenvalue weighted by Crippen LogP contribution is 2.55. The van der Waals surface area contributed by atoms with Gasteiger partial charge in [-0.1, -0.05) is 20.8 Å². The number of methoxy groups -OCH3 is 3. The van der Waals surface area contributed by atoms with Crippen LogP contribution in [-0.4, -0.2) is 88.2 Å². The predicted octanol–water partition coefficient (Wildman–Crippen LogP) is 2.09. The van der Waals surface area contributed by atoms with E-state index in [1.165, 1.54) is 0 Å². The van der Waals surface area contributed by atoms with Gasteiger partial charge in [-0.2, -0.15) is 0 Å². The third kappa shape index (κ3) is 6.90. The van der Waals surface area contributed by atoms with E-state index in [0.29, 0.717) is 39.3 Å². The van der Waals surface area contributed by atoms with E-state index in [1.807, 2.05) is 6.92 Å². The van der Waals surface area contributed by atoms with Crippen molar-refractivity contribution in [2.75, 3.05) is 54.2 Å². The van der Waals surface area contributed by atoms with Gasteiger partial charge >= 0.3 is 0 Å². The summed E-state index contributed by atoms with van der Waals surface area (Å²) >= 11 is 0. The Hall–Kier alpha value is -1.22. The fraction of sp³-hybridized carbons (Fsp3) is 0.920. The predicted molar refractivity (Wildman–Crippen MR) is 127 cm³/mol. The van der Waals surface area contributed by atoms with E-state index in [4.69, 9.17) is 14.2 Å². The lowest BCUT2D eigenvalue weighted by molar-refractivity contribution is -0.152. The average molecular weight is 471 g/mol. The summed E-state index contributed by atoms with van der Waals surface area (Å²) in [6.45, 7) is 8.73. The molecule has 8 heteroatoms. The number of hydrogen-bond acceptors (Lipinski definition) is 6. The van der Waals surface area contributed by atoms with Crippen molar-refractivity contribution >= 4 is 11.8 Å². The van der Waals surface area contributed by atoms with E-state index in [0.717, 1.165) is 25.7 Å². The Labute approximate surface area is 199 Å². The van der Waals surface area contributed by atoms with Crippen LogP contribution >= 0.6 is 0 Å². The Balaban J connectivity index is 2.12. The lowest BCUT2D eigenvalue weighted by Crippen LogP contribution is -2.58. The smallest absolute Gasteiger partial charge is 0.225 e. The maximum Gasteiger partial charge on any atom is 0.225 e. The Morgan fingerprint density at radius 2 is 1.64 bits per heavy atom. The van der Waals surface area contributed by atoms with Crippen LogP contribution in [0.4, 0.5) is 0 Å². The molecule has 8 nitrogen and oxygen atoms in total. The molecule has 0 heterocycles. The molecule has 33 heavy (non-hydrogen) atoms. The van der Waals surface area contributed by atoms with Crippen molar-refractivity contribution in [3.8, 4) is 0 Å². The zero-order valence-corrected chi connectivity index (χ0v) is 21.5. The quantitative estimate of drug-likeness (QED) is 0.453. The van der Waals surface area contributed by atoms with Gasteiger partial charge in [-0.25, -0.2) is 0 Å². The summed E-state index contributed by atoms with van der Waals surface area (Å²) < 4.78 is 15.4. The Morgan fingerprint density at radius 3 is 2.21 bits per heavy atom. The molecule has 2 aliphatic carbocycles. The monoisotopic (exact) mass is 470 g/mol. The maximum absolute atomic E-state index is 13.4. The molecule has 0 aromatic rings. The number of nitrogens with zero attached hydrogens (tertiary/aromatic N) is 1. The Kier molecular flexibility index (Phi) is 11.1. The fourth-order valence-electron chi connectivity index (χ4n) is 6.18. The minimum absolute atomic E-state index is 0.00498. The van der Waals surface area contributed by atoms with Gasteiger partial charge in [-0.3, -0.25) is 9.59 Å². The number of aliphatic hydroxyl groups is 1. The second-order valence-corrected chi connectivity index (χ2v) is 10.3. The number of amides is 2. The van der Waals surface area contributed by atoms with Gasteiger partial charge in [-0.05, 0) is 48.9 Å².